The van der Waals surface area contributed by atoms with Crippen molar-refractivity contribution in [2.75, 3.05) is 6.79 Å². The molecule has 0 saturated carbocycles. The summed E-state index contributed by atoms with van der Waals surface area (Å²) in [5, 5.41) is 7.85. The van der Waals surface area contributed by atoms with Crippen molar-refractivity contribution in [2.24, 2.45) is 0 Å². The average molecular weight is 307 g/mol. The maximum Gasteiger partial charge on any atom is 0.417 e. The van der Waals surface area contributed by atoms with Crippen LogP contribution >= 0.6 is 0 Å². The summed E-state index contributed by atoms with van der Waals surface area (Å²) < 4.78 is 50.3. The summed E-state index contributed by atoms with van der Waals surface area (Å²) in [5.41, 5.74) is 0.165. The van der Waals surface area contributed by atoms with E-state index >= 15 is 0 Å². The van der Waals surface area contributed by atoms with Crippen LogP contribution in [0.2, 0.25) is 0 Å². The second kappa shape index (κ2) is 4.36. The van der Waals surface area contributed by atoms with E-state index in [0.29, 0.717) is 28.5 Å². The van der Waals surface area contributed by atoms with Crippen LogP contribution in [0.1, 0.15) is 5.56 Å². The van der Waals surface area contributed by atoms with Crippen molar-refractivity contribution in [3.63, 3.8) is 0 Å². The molecule has 112 valence electrons. The molecule has 8 heteroatoms. The van der Waals surface area contributed by atoms with Crippen molar-refractivity contribution < 1.29 is 22.6 Å². The zero-order chi connectivity index (χ0) is 15.3. The van der Waals surface area contributed by atoms with Crippen molar-refractivity contribution in [3.8, 4) is 22.9 Å². The van der Waals surface area contributed by atoms with Crippen molar-refractivity contribution in [3.05, 3.63) is 42.1 Å². The quantitative estimate of drug-likeness (QED) is 0.693. The topological polar surface area (TPSA) is 48.7 Å². The number of hydrogen-bond acceptors (Lipinski definition) is 4. The smallest absolute Gasteiger partial charge is 0.417 e. The second-order valence-electron chi connectivity index (χ2n) is 4.74. The van der Waals surface area contributed by atoms with Gasteiger partial charge in [0.15, 0.2) is 23.0 Å². The van der Waals surface area contributed by atoms with Crippen LogP contribution in [0, 0.1) is 0 Å². The Labute approximate surface area is 121 Å². The Morgan fingerprint density at radius 1 is 1.00 bits per heavy atom. The molecule has 0 bridgehead atoms. The molecule has 0 aliphatic carbocycles. The van der Waals surface area contributed by atoms with Gasteiger partial charge in [0.2, 0.25) is 6.79 Å². The highest BCUT2D eigenvalue weighted by atomic mass is 19.4. The molecule has 0 N–H and O–H groups in total. The zero-order valence-corrected chi connectivity index (χ0v) is 11.0. The van der Waals surface area contributed by atoms with Gasteiger partial charge in [-0.2, -0.15) is 13.2 Å². The molecule has 0 unspecified atom stereocenters. The Balaban J connectivity index is 1.88. The van der Waals surface area contributed by atoms with E-state index in [9.17, 15) is 13.2 Å². The number of benzene rings is 1. The molecule has 2 aromatic heterocycles. The first kappa shape index (κ1) is 12.9. The van der Waals surface area contributed by atoms with Crippen LogP contribution in [-0.4, -0.2) is 21.4 Å². The third kappa shape index (κ3) is 1.95. The van der Waals surface area contributed by atoms with Crippen LogP contribution in [0.15, 0.2) is 36.5 Å². The molecular weight excluding hydrogens is 299 g/mol. The van der Waals surface area contributed by atoms with Crippen LogP contribution in [-0.2, 0) is 6.18 Å². The van der Waals surface area contributed by atoms with Crippen LogP contribution in [0.5, 0.6) is 11.5 Å². The van der Waals surface area contributed by atoms with Gasteiger partial charge in [0, 0.05) is 11.8 Å². The highest BCUT2D eigenvalue weighted by Gasteiger charge is 2.31. The lowest BCUT2D eigenvalue weighted by Gasteiger charge is -2.07. The maximum atomic E-state index is 12.8. The number of ether oxygens (including phenoxy) is 2. The van der Waals surface area contributed by atoms with Crippen molar-refractivity contribution in [2.45, 2.75) is 6.18 Å². The molecule has 0 spiro atoms. The van der Waals surface area contributed by atoms with E-state index in [1.807, 2.05) is 0 Å². The van der Waals surface area contributed by atoms with E-state index in [0.717, 1.165) is 12.3 Å². The molecule has 1 aliphatic heterocycles. The SMILES string of the molecule is FC(F)(F)c1ccc2nnc(-c3ccc4c(c3)OCO4)n2c1. The molecular formula is C14H8F3N3O2. The fourth-order valence-corrected chi connectivity index (χ4v) is 2.29. The maximum absolute atomic E-state index is 12.8. The summed E-state index contributed by atoms with van der Waals surface area (Å²) in [7, 11) is 0. The molecule has 22 heavy (non-hydrogen) atoms. The number of rotatable bonds is 1. The van der Waals surface area contributed by atoms with Gasteiger partial charge in [-0.25, -0.2) is 0 Å². The van der Waals surface area contributed by atoms with Gasteiger partial charge >= 0.3 is 6.18 Å². The molecule has 1 aromatic carbocycles. The Morgan fingerprint density at radius 2 is 1.82 bits per heavy atom. The van der Waals surface area contributed by atoms with Gasteiger partial charge in [-0.05, 0) is 30.3 Å². The Kier molecular flexibility index (Phi) is 2.56. The largest absolute Gasteiger partial charge is 0.454 e. The molecule has 0 saturated heterocycles. The average Bonchev–Trinajstić information content (AvgIpc) is 3.11. The third-order valence-corrected chi connectivity index (χ3v) is 3.36. The van der Waals surface area contributed by atoms with Crippen LogP contribution < -0.4 is 9.47 Å². The van der Waals surface area contributed by atoms with Crippen LogP contribution in [0.25, 0.3) is 17.0 Å². The summed E-state index contributed by atoms with van der Waals surface area (Å²) in [6.45, 7) is 0.123. The van der Waals surface area contributed by atoms with Crippen LogP contribution in [0.4, 0.5) is 13.2 Å². The van der Waals surface area contributed by atoms with Crippen LogP contribution in [0.3, 0.4) is 0 Å². The fraction of sp³-hybridized carbons (Fsp3) is 0.143. The van der Waals surface area contributed by atoms with E-state index in [-0.39, 0.29) is 6.79 Å². The lowest BCUT2D eigenvalue weighted by atomic mass is 10.2. The number of pyridine rings is 1. The van der Waals surface area contributed by atoms with Gasteiger partial charge in [-0.3, -0.25) is 4.40 Å². The normalized spacial score (nSPS) is 13.8. The summed E-state index contributed by atoms with van der Waals surface area (Å²) in [5.74, 6) is 1.43. The standard InChI is InChI=1S/C14H8F3N3O2/c15-14(16,17)9-2-4-12-18-19-13(20(12)6-9)8-1-3-10-11(5-8)22-7-21-10/h1-6H,7H2. The Hall–Kier alpha value is -2.77. The lowest BCUT2D eigenvalue weighted by Crippen LogP contribution is -2.06. The molecule has 1 aliphatic rings. The van der Waals surface area contributed by atoms with Gasteiger partial charge in [-0.1, -0.05) is 0 Å². The monoisotopic (exact) mass is 307 g/mol. The molecule has 0 atom stereocenters. The number of aromatic nitrogens is 3. The summed E-state index contributed by atoms with van der Waals surface area (Å²) >= 11 is 0. The minimum absolute atomic E-state index is 0.123. The van der Waals surface area contributed by atoms with Gasteiger partial charge in [-0.15, -0.1) is 10.2 Å². The predicted molar refractivity (Wildman–Crippen MR) is 69.5 cm³/mol. The van der Waals surface area contributed by atoms with E-state index in [1.54, 1.807) is 18.2 Å². The van der Waals surface area contributed by atoms with E-state index < -0.39 is 11.7 Å². The molecule has 0 radical (unpaired) electrons. The fourth-order valence-electron chi connectivity index (χ4n) is 2.29. The first-order chi connectivity index (χ1) is 10.5. The number of alkyl halides is 3. The molecule has 0 fully saturated rings. The van der Waals surface area contributed by atoms with Gasteiger partial charge in [0.25, 0.3) is 0 Å². The van der Waals surface area contributed by atoms with Gasteiger partial charge in [0.1, 0.15) is 0 Å². The first-order valence-corrected chi connectivity index (χ1v) is 6.34. The number of halogens is 3. The second-order valence-corrected chi connectivity index (χ2v) is 4.74. The minimum atomic E-state index is -4.43. The number of fused-ring (bicyclic) bond motifs is 2. The van der Waals surface area contributed by atoms with E-state index in [4.69, 9.17) is 9.47 Å². The first-order valence-electron chi connectivity index (χ1n) is 6.34. The van der Waals surface area contributed by atoms with E-state index in [2.05, 4.69) is 10.2 Å². The molecule has 3 aromatic rings. The van der Waals surface area contributed by atoms with E-state index in [1.165, 1.54) is 10.5 Å². The van der Waals surface area contributed by atoms with Gasteiger partial charge in [0.05, 0.1) is 5.56 Å². The molecule has 5 nitrogen and oxygen atoms in total. The summed E-state index contributed by atoms with van der Waals surface area (Å²) in [6, 6.07) is 7.31. The summed E-state index contributed by atoms with van der Waals surface area (Å²) in [6.07, 6.45) is -3.44. The summed E-state index contributed by atoms with van der Waals surface area (Å²) in [4.78, 5) is 0. The Bertz CT molecular complexity index is 873. The number of nitrogens with zero attached hydrogens (tertiary/aromatic N) is 3. The minimum Gasteiger partial charge on any atom is -0.454 e. The lowest BCUT2D eigenvalue weighted by molar-refractivity contribution is -0.137. The van der Waals surface area contributed by atoms with Crippen molar-refractivity contribution >= 4 is 5.65 Å². The van der Waals surface area contributed by atoms with Crippen molar-refractivity contribution in [1.29, 1.82) is 0 Å². The predicted octanol–water partition coefficient (Wildman–Crippen LogP) is 3.14. The molecule has 0 amide bonds. The highest BCUT2D eigenvalue weighted by molar-refractivity contribution is 5.64. The highest BCUT2D eigenvalue weighted by Crippen LogP contribution is 2.36. The van der Waals surface area contributed by atoms with Gasteiger partial charge < -0.3 is 9.47 Å². The zero-order valence-electron chi connectivity index (χ0n) is 11.0. The Morgan fingerprint density at radius 3 is 2.64 bits per heavy atom. The third-order valence-electron chi connectivity index (χ3n) is 3.36. The molecule has 4 rings (SSSR count). The number of hydrogen-bond donors (Lipinski definition) is 0. The molecule has 3 heterocycles. The van der Waals surface area contributed by atoms with Crippen molar-refractivity contribution in [1.82, 2.24) is 14.6 Å².